The molecule has 0 saturated heterocycles. The first-order valence-corrected chi connectivity index (χ1v) is 5.73. The molecule has 0 aromatic rings. The molecule has 0 heterocycles. The lowest BCUT2D eigenvalue weighted by molar-refractivity contribution is -0.119. The van der Waals surface area contributed by atoms with Gasteiger partial charge in [-0.25, -0.2) is 0 Å². The lowest BCUT2D eigenvalue weighted by Gasteiger charge is -2.47. The number of nitrogens with zero attached hydrogens (tertiary/aromatic N) is 1. The normalized spacial score (nSPS) is 19.7. The van der Waals surface area contributed by atoms with E-state index >= 15 is 0 Å². The van der Waals surface area contributed by atoms with Gasteiger partial charge >= 0.3 is 0 Å². The second-order valence-electron chi connectivity index (χ2n) is 3.88. The number of halogens is 1. The predicted molar refractivity (Wildman–Crippen MR) is 57.1 cm³/mol. The van der Waals surface area contributed by atoms with Crippen molar-refractivity contribution in [3.63, 3.8) is 0 Å². The minimum Gasteiger partial charge on any atom is -0.354 e. The van der Waals surface area contributed by atoms with E-state index in [-0.39, 0.29) is 11.4 Å². The van der Waals surface area contributed by atoms with E-state index in [1.807, 2.05) is 0 Å². The molecule has 3 nitrogen and oxygen atoms in total. The van der Waals surface area contributed by atoms with Crippen LogP contribution < -0.4 is 5.32 Å². The average molecular weight is 249 g/mol. The molecule has 0 atom stereocenters. The largest absolute Gasteiger partial charge is 0.354 e. The van der Waals surface area contributed by atoms with Crippen LogP contribution in [0.25, 0.3) is 0 Å². The van der Waals surface area contributed by atoms with Crippen molar-refractivity contribution in [1.82, 2.24) is 10.2 Å². The molecule has 1 N–H and O–H groups in total. The first-order chi connectivity index (χ1) is 6.10. The third-order valence-corrected chi connectivity index (χ3v) is 3.48. The highest BCUT2D eigenvalue weighted by Crippen LogP contribution is 2.35. The Morgan fingerprint density at radius 3 is 2.46 bits per heavy atom. The Labute approximate surface area is 88.0 Å². The van der Waals surface area contributed by atoms with Gasteiger partial charge in [-0.2, -0.15) is 0 Å². The summed E-state index contributed by atoms with van der Waals surface area (Å²) in [7, 11) is 4.17. The fraction of sp³-hybridized carbons (Fsp3) is 0.889. The molecule has 1 aliphatic carbocycles. The highest BCUT2D eigenvalue weighted by atomic mass is 79.9. The lowest BCUT2D eigenvalue weighted by Crippen LogP contribution is -2.57. The van der Waals surface area contributed by atoms with Gasteiger partial charge in [0.1, 0.15) is 0 Å². The van der Waals surface area contributed by atoms with E-state index in [2.05, 4.69) is 40.2 Å². The van der Waals surface area contributed by atoms with E-state index in [9.17, 15) is 4.79 Å². The summed E-state index contributed by atoms with van der Waals surface area (Å²) in [6.45, 7) is 0.782. The fourth-order valence-electron chi connectivity index (χ4n) is 1.68. The molecule has 0 spiro atoms. The van der Waals surface area contributed by atoms with Crippen molar-refractivity contribution < 1.29 is 4.79 Å². The molecule has 1 rings (SSSR count). The lowest BCUT2D eigenvalue weighted by atomic mass is 9.75. The van der Waals surface area contributed by atoms with Crippen molar-refractivity contribution in [2.75, 3.05) is 26.0 Å². The van der Waals surface area contributed by atoms with Gasteiger partial charge in [0, 0.05) is 12.1 Å². The third kappa shape index (κ3) is 2.44. The summed E-state index contributed by atoms with van der Waals surface area (Å²) in [4.78, 5) is 13.3. The summed E-state index contributed by atoms with van der Waals surface area (Å²) in [6, 6.07) is 0. The van der Waals surface area contributed by atoms with Crippen LogP contribution in [0.1, 0.15) is 19.3 Å². The summed E-state index contributed by atoms with van der Waals surface area (Å²) >= 11 is 3.13. The van der Waals surface area contributed by atoms with Crippen molar-refractivity contribution in [2.45, 2.75) is 24.8 Å². The number of likely N-dealkylation sites (N-methyl/N-ethyl adjacent to an activating group) is 1. The monoisotopic (exact) mass is 248 g/mol. The zero-order valence-electron chi connectivity index (χ0n) is 8.27. The topological polar surface area (TPSA) is 32.3 Å². The summed E-state index contributed by atoms with van der Waals surface area (Å²) in [5, 5.41) is 3.33. The standard InChI is InChI=1S/C9H17BrN2O/c1-12(2)9(4-3-5-9)7-11-8(13)6-10/h3-7H2,1-2H3,(H,11,13). The Morgan fingerprint density at radius 1 is 1.54 bits per heavy atom. The van der Waals surface area contributed by atoms with Gasteiger partial charge in [-0.1, -0.05) is 15.9 Å². The number of carbonyl (C=O) groups excluding carboxylic acids is 1. The van der Waals surface area contributed by atoms with Crippen LogP contribution in [0.2, 0.25) is 0 Å². The van der Waals surface area contributed by atoms with Gasteiger partial charge in [-0.05, 0) is 33.4 Å². The van der Waals surface area contributed by atoms with E-state index in [1.165, 1.54) is 19.3 Å². The van der Waals surface area contributed by atoms with Gasteiger partial charge < -0.3 is 10.2 Å². The third-order valence-electron chi connectivity index (χ3n) is 2.97. The molecule has 4 heteroatoms. The maximum atomic E-state index is 11.0. The predicted octanol–water partition coefficient (Wildman–Crippen LogP) is 0.982. The zero-order chi connectivity index (χ0) is 9.90. The Morgan fingerprint density at radius 2 is 2.15 bits per heavy atom. The Balaban J connectivity index is 2.36. The van der Waals surface area contributed by atoms with E-state index in [1.54, 1.807) is 0 Å². The van der Waals surface area contributed by atoms with E-state index in [0.717, 1.165) is 6.54 Å². The molecule has 1 aliphatic rings. The van der Waals surface area contributed by atoms with Crippen molar-refractivity contribution in [2.24, 2.45) is 0 Å². The molecule has 76 valence electrons. The number of alkyl halides is 1. The molecular weight excluding hydrogens is 232 g/mol. The first-order valence-electron chi connectivity index (χ1n) is 4.61. The molecule has 0 unspecified atom stereocenters. The number of rotatable bonds is 4. The summed E-state index contributed by atoms with van der Waals surface area (Å²) in [5.74, 6) is 0.0770. The molecule has 0 aromatic carbocycles. The van der Waals surface area contributed by atoms with Crippen LogP contribution in [0.5, 0.6) is 0 Å². The number of carbonyl (C=O) groups is 1. The second kappa shape index (κ2) is 4.42. The quantitative estimate of drug-likeness (QED) is 0.753. The van der Waals surface area contributed by atoms with Gasteiger partial charge in [-0.3, -0.25) is 4.79 Å². The van der Waals surface area contributed by atoms with E-state index in [0.29, 0.717) is 5.33 Å². The fourth-order valence-corrected chi connectivity index (χ4v) is 1.88. The van der Waals surface area contributed by atoms with Gasteiger partial charge in [0.15, 0.2) is 0 Å². The Kier molecular flexibility index (Phi) is 3.74. The zero-order valence-corrected chi connectivity index (χ0v) is 9.85. The number of hydrogen-bond acceptors (Lipinski definition) is 2. The molecule has 0 bridgehead atoms. The van der Waals surface area contributed by atoms with Crippen LogP contribution in [0.4, 0.5) is 0 Å². The maximum absolute atomic E-state index is 11.0. The van der Waals surface area contributed by atoms with Crippen LogP contribution in [0, 0.1) is 0 Å². The minimum atomic E-state index is 0.0770. The van der Waals surface area contributed by atoms with Gasteiger partial charge in [0.2, 0.25) is 5.91 Å². The maximum Gasteiger partial charge on any atom is 0.230 e. The van der Waals surface area contributed by atoms with Crippen molar-refractivity contribution in [3.8, 4) is 0 Å². The number of nitrogens with one attached hydrogen (secondary N) is 1. The molecule has 0 aliphatic heterocycles. The summed E-state index contributed by atoms with van der Waals surface area (Å²) in [5.41, 5.74) is 0.234. The van der Waals surface area contributed by atoms with E-state index in [4.69, 9.17) is 0 Å². The average Bonchev–Trinajstić information content (AvgIpc) is 2.01. The van der Waals surface area contributed by atoms with Gasteiger partial charge in [0.05, 0.1) is 5.33 Å². The molecule has 1 fully saturated rings. The minimum absolute atomic E-state index is 0.0770. The van der Waals surface area contributed by atoms with Crippen LogP contribution >= 0.6 is 15.9 Å². The highest BCUT2D eigenvalue weighted by molar-refractivity contribution is 9.09. The molecule has 1 amide bonds. The number of hydrogen-bond donors (Lipinski definition) is 1. The number of amides is 1. The van der Waals surface area contributed by atoms with Crippen molar-refractivity contribution in [1.29, 1.82) is 0 Å². The molecule has 0 radical (unpaired) electrons. The van der Waals surface area contributed by atoms with Crippen LogP contribution in [-0.2, 0) is 4.79 Å². The first kappa shape index (κ1) is 11.0. The van der Waals surface area contributed by atoms with Crippen molar-refractivity contribution >= 4 is 21.8 Å². The van der Waals surface area contributed by atoms with Crippen LogP contribution in [0.3, 0.4) is 0 Å². The molecular formula is C9H17BrN2O. The van der Waals surface area contributed by atoms with Crippen LogP contribution in [-0.4, -0.2) is 42.3 Å². The Bertz CT molecular complexity index is 190. The molecule has 13 heavy (non-hydrogen) atoms. The summed E-state index contributed by atoms with van der Waals surface area (Å²) < 4.78 is 0. The second-order valence-corrected chi connectivity index (χ2v) is 4.44. The molecule has 0 aromatic heterocycles. The highest BCUT2D eigenvalue weighted by Gasteiger charge is 2.38. The van der Waals surface area contributed by atoms with E-state index < -0.39 is 0 Å². The van der Waals surface area contributed by atoms with Crippen molar-refractivity contribution in [3.05, 3.63) is 0 Å². The summed E-state index contributed by atoms with van der Waals surface area (Å²) in [6.07, 6.45) is 3.67. The van der Waals surface area contributed by atoms with Gasteiger partial charge in [0.25, 0.3) is 0 Å². The van der Waals surface area contributed by atoms with Gasteiger partial charge in [-0.15, -0.1) is 0 Å². The van der Waals surface area contributed by atoms with Crippen LogP contribution in [0.15, 0.2) is 0 Å². The Hall–Kier alpha value is -0.0900. The SMILES string of the molecule is CN(C)C1(CNC(=O)CBr)CCC1. The molecule has 1 saturated carbocycles. The smallest absolute Gasteiger partial charge is 0.230 e.